The zero-order valence-electron chi connectivity index (χ0n) is 12.1. The van der Waals surface area contributed by atoms with Crippen molar-refractivity contribution in [1.82, 2.24) is 15.5 Å². The summed E-state index contributed by atoms with van der Waals surface area (Å²) >= 11 is 0. The molecule has 1 saturated heterocycles. The highest BCUT2D eigenvalue weighted by molar-refractivity contribution is 5.20. The number of aromatic nitrogens is 2. The Balaban J connectivity index is 1.50. The number of rotatable bonds is 5. The van der Waals surface area contributed by atoms with E-state index in [0.29, 0.717) is 18.9 Å². The average Bonchev–Trinajstić information content (AvgIpc) is 2.82. The van der Waals surface area contributed by atoms with Crippen molar-refractivity contribution in [2.45, 2.75) is 38.1 Å². The minimum atomic E-state index is 0.236. The summed E-state index contributed by atoms with van der Waals surface area (Å²) in [5, 5.41) is 7.58. The standard InChI is InChI=1S/C16H21N3O2/c1-3-7-13(8-4-1)20-12-10-15-18-16(19-21-15)14-9-5-2-6-11-17-14/h1,3-4,7-8,14,17H,2,5-6,9-12H2. The molecule has 0 bridgehead atoms. The number of hydrogen-bond donors (Lipinski definition) is 1. The molecule has 0 saturated carbocycles. The van der Waals surface area contributed by atoms with Crippen LogP contribution in [0.25, 0.3) is 0 Å². The third kappa shape index (κ3) is 4.04. The van der Waals surface area contributed by atoms with Gasteiger partial charge in [0.05, 0.1) is 19.1 Å². The molecule has 0 spiro atoms. The Morgan fingerprint density at radius 2 is 2.10 bits per heavy atom. The van der Waals surface area contributed by atoms with E-state index in [1.807, 2.05) is 30.3 Å². The van der Waals surface area contributed by atoms with Gasteiger partial charge in [-0.1, -0.05) is 36.2 Å². The zero-order valence-corrected chi connectivity index (χ0v) is 12.1. The highest BCUT2D eigenvalue weighted by Crippen LogP contribution is 2.20. The van der Waals surface area contributed by atoms with Crippen LogP contribution in [0.5, 0.6) is 5.75 Å². The van der Waals surface area contributed by atoms with Crippen LogP contribution in [0.1, 0.15) is 43.4 Å². The number of para-hydroxylation sites is 1. The highest BCUT2D eigenvalue weighted by Gasteiger charge is 2.19. The van der Waals surface area contributed by atoms with Gasteiger partial charge in [0.1, 0.15) is 5.75 Å². The molecule has 1 atom stereocenters. The number of benzene rings is 1. The lowest BCUT2D eigenvalue weighted by atomic mass is 10.1. The third-order valence-corrected chi connectivity index (χ3v) is 3.68. The molecule has 0 radical (unpaired) electrons. The molecule has 2 heterocycles. The monoisotopic (exact) mass is 287 g/mol. The second-order valence-corrected chi connectivity index (χ2v) is 5.31. The Hall–Kier alpha value is -1.88. The van der Waals surface area contributed by atoms with Crippen molar-refractivity contribution in [2.24, 2.45) is 0 Å². The normalized spacial score (nSPS) is 19.1. The van der Waals surface area contributed by atoms with Gasteiger partial charge in [-0.25, -0.2) is 0 Å². The molecule has 0 amide bonds. The summed E-state index contributed by atoms with van der Waals surface area (Å²) in [7, 11) is 0. The van der Waals surface area contributed by atoms with Crippen molar-refractivity contribution in [3.05, 3.63) is 42.0 Å². The van der Waals surface area contributed by atoms with Gasteiger partial charge in [-0.3, -0.25) is 0 Å². The largest absolute Gasteiger partial charge is 0.493 e. The fraction of sp³-hybridized carbons (Fsp3) is 0.500. The summed E-state index contributed by atoms with van der Waals surface area (Å²) in [5.74, 6) is 2.29. The Kier molecular flexibility index (Phi) is 4.84. The van der Waals surface area contributed by atoms with Crippen molar-refractivity contribution in [3.63, 3.8) is 0 Å². The molecular formula is C16H21N3O2. The van der Waals surface area contributed by atoms with E-state index in [0.717, 1.165) is 24.5 Å². The van der Waals surface area contributed by atoms with Crippen LogP contribution in [0.3, 0.4) is 0 Å². The van der Waals surface area contributed by atoms with Crippen molar-refractivity contribution >= 4 is 0 Å². The first kappa shape index (κ1) is 14.1. The average molecular weight is 287 g/mol. The van der Waals surface area contributed by atoms with Gasteiger partial charge in [-0.15, -0.1) is 0 Å². The fourth-order valence-electron chi connectivity index (χ4n) is 2.53. The summed E-state index contributed by atoms with van der Waals surface area (Å²) in [4.78, 5) is 4.49. The van der Waals surface area contributed by atoms with Crippen LogP contribution in [0.15, 0.2) is 34.9 Å². The van der Waals surface area contributed by atoms with E-state index in [1.165, 1.54) is 19.3 Å². The first-order valence-corrected chi connectivity index (χ1v) is 7.65. The molecule has 21 heavy (non-hydrogen) atoms. The molecule has 1 unspecified atom stereocenters. The van der Waals surface area contributed by atoms with Gasteiger partial charge in [0, 0.05) is 0 Å². The number of hydrogen-bond acceptors (Lipinski definition) is 5. The van der Waals surface area contributed by atoms with Crippen molar-refractivity contribution < 1.29 is 9.26 Å². The van der Waals surface area contributed by atoms with Crippen LogP contribution in [0.2, 0.25) is 0 Å². The summed E-state index contributed by atoms with van der Waals surface area (Å²) in [6.45, 7) is 1.58. The maximum atomic E-state index is 5.64. The lowest BCUT2D eigenvalue weighted by Gasteiger charge is -2.09. The van der Waals surface area contributed by atoms with E-state index in [4.69, 9.17) is 9.26 Å². The molecule has 2 aromatic rings. The van der Waals surface area contributed by atoms with E-state index in [9.17, 15) is 0 Å². The molecule has 5 heteroatoms. The molecule has 1 aliphatic heterocycles. The molecule has 1 N–H and O–H groups in total. The first-order valence-electron chi connectivity index (χ1n) is 7.65. The highest BCUT2D eigenvalue weighted by atomic mass is 16.5. The molecule has 1 fully saturated rings. The fourth-order valence-corrected chi connectivity index (χ4v) is 2.53. The minimum Gasteiger partial charge on any atom is -0.493 e. The van der Waals surface area contributed by atoms with Gasteiger partial charge in [0.15, 0.2) is 5.82 Å². The number of nitrogens with one attached hydrogen (secondary N) is 1. The molecule has 1 aliphatic rings. The lowest BCUT2D eigenvalue weighted by Crippen LogP contribution is -2.21. The minimum absolute atomic E-state index is 0.236. The van der Waals surface area contributed by atoms with E-state index >= 15 is 0 Å². The van der Waals surface area contributed by atoms with Crippen molar-refractivity contribution in [2.75, 3.05) is 13.2 Å². The quantitative estimate of drug-likeness (QED) is 0.916. The maximum absolute atomic E-state index is 5.64. The van der Waals surface area contributed by atoms with Gasteiger partial charge >= 0.3 is 0 Å². The Labute approximate surface area is 124 Å². The Bertz CT molecular complexity index is 533. The zero-order chi connectivity index (χ0) is 14.3. The van der Waals surface area contributed by atoms with E-state index in [-0.39, 0.29) is 6.04 Å². The van der Waals surface area contributed by atoms with Gasteiger partial charge in [0.2, 0.25) is 5.89 Å². The van der Waals surface area contributed by atoms with Crippen LogP contribution in [0, 0.1) is 0 Å². The molecule has 1 aromatic carbocycles. The predicted octanol–water partition coefficient (Wildman–Crippen LogP) is 2.90. The maximum Gasteiger partial charge on any atom is 0.230 e. The molecule has 5 nitrogen and oxygen atoms in total. The molecule has 3 rings (SSSR count). The van der Waals surface area contributed by atoms with Gasteiger partial charge in [0.25, 0.3) is 0 Å². The van der Waals surface area contributed by atoms with Gasteiger partial charge in [-0.05, 0) is 31.5 Å². The van der Waals surface area contributed by atoms with Crippen molar-refractivity contribution in [1.29, 1.82) is 0 Å². The van der Waals surface area contributed by atoms with E-state index < -0.39 is 0 Å². The Morgan fingerprint density at radius 1 is 1.19 bits per heavy atom. The summed E-state index contributed by atoms with van der Waals surface area (Å²) in [6, 6.07) is 10.00. The third-order valence-electron chi connectivity index (χ3n) is 3.68. The first-order chi connectivity index (χ1) is 10.4. The van der Waals surface area contributed by atoms with Gasteiger partial charge in [-0.2, -0.15) is 4.98 Å². The molecule has 112 valence electrons. The topological polar surface area (TPSA) is 60.2 Å². The van der Waals surface area contributed by atoms with E-state index in [2.05, 4.69) is 15.5 Å². The number of ether oxygens (including phenoxy) is 1. The van der Waals surface area contributed by atoms with Crippen LogP contribution >= 0.6 is 0 Å². The Morgan fingerprint density at radius 3 is 3.00 bits per heavy atom. The predicted molar refractivity (Wildman–Crippen MR) is 79.2 cm³/mol. The SMILES string of the molecule is c1ccc(OCCc2nc(C3CCCCCN3)no2)cc1. The smallest absolute Gasteiger partial charge is 0.230 e. The molecular weight excluding hydrogens is 266 g/mol. The van der Waals surface area contributed by atoms with Crippen LogP contribution < -0.4 is 10.1 Å². The lowest BCUT2D eigenvalue weighted by molar-refractivity contribution is 0.291. The number of nitrogens with zero attached hydrogens (tertiary/aromatic N) is 2. The van der Waals surface area contributed by atoms with Crippen LogP contribution in [0.4, 0.5) is 0 Å². The van der Waals surface area contributed by atoms with E-state index in [1.54, 1.807) is 0 Å². The second kappa shape index (κ2) is 7.22. The summed E-state index contributed by atoms with van der Waals surface area (Å²) in [6.07, 6.45) is 5.44. The summed E-state index contributed by atoms with van der Waals surface area (Å²) in [5.41, 5.74) is 0. The van der Waals surface area contributed by atoms with Gasteiger partial charge < -0.3 is 14.6 Å². The summed E-state index contributed by atoms with van der Waals surface area (Å²) < 4.78 is 11.0. The molecule has 1 aromatic heterocycles. The van der Waals surface area contributed by atoms with Crippen LogP contribution in [-0.4, -0.2) is 23.3 Å². The van der Waals surface area contributed by atoms with Crippen LogP contribution in [-0.2, 0) is 6.42 Å². The molecule has 0 aliphatic carbocycles. The van der Waals surface area contributed by atoms with Crippen molar-refractivity contribution in [3.8, 4) is 5.75 Å². The second-order valence-electron chi connectivity index (χ2n) is 5.31.